The molecule has 0 radical (unpaired) electrons. The number of nitro benzene ring substituents is 1. The number of non-ortho nitro benzene ring substituents is 1. The van der Waals surface area contributed by atoms with Crippen molar-refractivity contribution < 1.29 is 14.5 Å². The number of hydrogen-bond donors (Lipinski definition) is 1. The van der Waals surface area contributed by atoms with Crippen LogP contribution in [-0.2, 0) is 4.79 Å². The van der Waals surface area contributed by atoms with Gasteiger partial charge < -0.3 is 10.1 Å². The average molecular weight is 362 g/mol. The van der Waals surface area contributed by atoms with Crippen LogP contribution in [0.1, 0.15) is 12.1 Å². The molecule has 2 aromatic rings. The van der Waals surface area contributed by atoms with E-state index in [1.807, 2.05) is 6.92 Å². The van der Waals surface area contributed by atoms with Gasteiger partial charge in [0.15, 0.2) is 5.16 Å². The molecule has 0 bridgehead atoms. The Morgan fingerprint density at radius 2 is 2.24 bits per heavy atom. The number of ether oxygens (including phenoxy) is 1. The molecular weight excluding hydrogens is 344 g/mol. The van der Waals surface area contributed by atoms with Crippen LogP contribution in [0.2, 0.25) is 0 Å². The lowest BCUT2D eigenvalue weighted by Gasteiger charge is -2.07. The summed E-state index contributed by atoms with van der Waals surface area (Å²) in [6.45, 7) is 2.69. The molecule has 1 heterocycles. The predicted octanol–water partition coefficient (Wildman–Crippen LogP) is 2.37. The molecule has 0 atom stereocenters. The molecule has 8 nitrogen and oxygen atoms in total. The third-order valence-electron chi connectivity index (χ3n) is 3.05. The summed E-state index contributed by atoms with van der Waals surface area (Å²) in [4.78, 5) is 30.2. The predicted molar refractivity (Wildman–Crippen MR) is 93.7 cm³/mol. The number of nitrogens with zero attached hydrogens (tertiary/aromatic N) is 3. The highest BCUT2D eigenvalue weighted by atomic mass is 32.2. The van der Waals surface area contributed by atoms with Crippen LogP contribution in [0.25, 0.3) is 0 Å². The summed E-state index contributed by atoms with van der Waals surface area (Å²) in [5, 5.41) is 14.0. The number of carbonyl (C=O) groups is 1. The van der Waals surface area contributed by atoms with Gasteiger partial charge in [-0.3, -0.25) is 14.9 Å². The summed E-state index contributed by atoms with van der Waals surface area (Å²) in [6.07, 6.45) is 2.26. The number of thioether (sulfide) groups is 1. The first-order valence-corrected chi connectivity index (χ1v) is 8.59. The molecule has 0 unspecified atom stereocenters. The molecule has 9 heteroatoms. The highest BCUT2D eigenvalue weighted by molar-refractivity contribution is 7.99. The Labute approximate surface area is 149 Å². The van der Waals surface area contributed by atoms with Crippen LogP contribution in [0, 0.1) is 17.0 Å². The zero-order valence-corrected chi connectivity index (χ0v) is 14.5. The van der Waals surface area contributed by atoms with Crippen molar-refractivity contribution in [2.24, 2.45) is 0 Å². The fraction of sp³-hybridized carbons (Fsp3) is 0.312. The second kappa shape index (κ2) is 9.58. The number of carbonyl (C=O) groups excluding carboxylic acids is 1. The number of hydrogen-bond acceptors (Lipinski definition) is 7. The third-order valence-corrected chi connectivity index (χ3v) is 3.91. The maximum Gasteiger partial charge on any atom is 0.273 e. The Bertz CT molecular complexity index is 742. The topological polar surface area (TPSA) is 107 Å². The zero-order chi connectivity index (χ0) is 18.1. The van der Waals surface area contributed by atoms with Crippen LogP contribution >= 0.6 is 11.8 Å². The van der Waals surface area contributed by atoms with Crippen molar-refractivity contribution >= 4 is 23.4 Å². The second-order valence-electron chi connectivity index (χ2n) is 5.08. The van der Waals surface area contributed by atoms with Gasteiger partial charge in [-0.25, -0.2) is 9.97 Å². The van der Waals surface area contributed by atoms with Crippen LogP contribution in [0.4, 0.5) is 5.69 Å². The number of aromatic nitrogens is 2. The van der Waals surface area contributed by atoms with Crippen LogP contribution in [0.15, 0.2) is 41.7 Å². The lowest BCUT2D eigenvalue weighted by molar-refractivity contribution is -0.384. The first-order valence-electron chi connectivity index (χ1n) is 7.61. The minimum atomic E-state index is -0.470. The van der Waals surface area contributed by atoms with Gasteiger partial charge in [0.2, 0.25) is 5.91 Å². The van der Waals surface area contributed by atoms with Gasteiger partial charge in [0.1, 0.15) is 5.75 Å². The summed E-state index contributed by atoms with van der Waals surface area (Å²) >= 11 is 1.28. The lowest BCUT2D eigenvalue weighted by atomic mass is 10.3. The van der Waals surface area contributed by atoms with Gasteiger partial charge in [0.05, 0.1) is 23.3 Å². The quantitative estimate of drug-likeness (QED) is 0.240. The molecule has 0 aliphatic carbocycles. The van der Waals surface area contributed by atoms with E-state index in [4.69, 9.17) is 4.74 Å². The van der Waals surface area contributed by atoms with Gasteiger partial charge in [0.25, 0.3) is 5.69 Å². The average Bonchev–Trinajstić information content (AvgIpc) is 2.60. The molecule has 1 amide bonds. The van der Waals surface area contributed by atoms with Gasteiger partial charge in [0, 0.05) is 24.5 Å². The number of amides is 1. The molecule has 0 aliphatic heterocycles. The van der Waals surface area contributed by atoms with E-state index in [-0.39, 0.29) is 17.3 Å². The fourth-order valence-electron chi connectivity index (χ4n) is 1.85. The van der Waals surface area contributed by atoms with Crippen molar-refractivity contribution in [2.75, 3.05) is 18.9 Å². The molecule has 2 rings (SSSR count). The van der Waals surface area contributed by atoms with E-state index in [9.17, 15) is 14.9 Å². The summed E-state index contributed by atoms with van der Waals surface area (Å²) < 4.78 is 5.44. The van der Waals surface area contributed by atoms with E-state index in [1.54, 1.807) is 24.4 Å². The summed E-state index contributed by atoms with van der Waals surface area (Å²) in [7, 11) is 0. The molecule has 132 valence electrons. The number of nitro groups is 1. The Morgan fingerprint density at radius 3 is 3.00 bits per heavy atom. The molecule has 0 fully saturated rings. The number of nitrogens with one attached hydrogen (secondary N) is 1. The van der Waals surface area contributed by atoms with Crippen molar-refractivity contribution in [1.29, 1.82) is 0 Å². The maximum atomic E-state index is 11.8. The number of rotatable bonds is 9. The lowest BCUT2D eigenvalue weighted by Crippen LogP contribution is -2.27. The van der Waals surface area contributed by atoms with Gasteiger partial charge >= 0.3 is 0 Å². The highest BCUT2D eigenvalue weighted by Gasteiger charge is 2.07. The van der Waals surface area contributed by atoms with E-state index in [2.05, 4.69) is 15.3 Å². The maximum absolute atomic E-state index is 11.8. The van der Waals surface area contributed by atoms with Crippen LogP contribution in [-0.4, -0.2) is 39.7 Å². The van der Waals surface area contributed by atoms with Crippen molar-refractivity contribution in [3.05, 3.63) is 52.3 Å². The molecule has 1 aromatic heterocycles. The van der Waals surface area contributed by atoms with E-state index in [0.29, 0.717) is 30.5 Å². The van der Waals surface area contributed by atoms with Gasteiger partial charge in [-0.2, -0.15) is 0 Å². The molecule has 0 saturated heterocycles. The van der Waals surface area contributed by atoms with Gasteiger partial charge in [-0.15, -0.1) is 0 Å². The Balaban J connectivity index is 1.61. The number of aryl methyl sites for hydroxylation is 1. The fourth-order valence-corrected chi connectivity index (χ4v) is 2.56. The summed E-state index contributed by atoms with van der Waals surface area (Å²) in [6, 6.07) is 7.80. The van der Waals surface area contributed by atoms with Crippen LogP contribution in [0.3, 0.4) is 0 Å². The van der Waals surface area contributed by atoms with Crippen LogP contribution in [0.5, 0.6) is 5.75 Å². The van der Waals surface area contributed by atoms with Gasteiger partial charge in [-0.1, -0.05) is 17.8 Å². The monoisotopic (exact) mass is 362 g/mol. The largest absolute Gasteiger partial charge is 0.493 e. The van der Waals surface area contributed by atoms with E-state index < -0.39 is 4.92 Å². The van der Waals surface area contributed by atoms with E-state index >= 15 is 0 Å². The van der Waals surface area contributed by atoms with Gasteiger partial charge in [-0.05, 0) is 25.5 Å². The molecule has 25 heavy (non-hydrogen) atoms. The smallest absolute Gasteiger partial charge is 0.273 e. The van der Waals surface area contributed by atoms with E-state index in [1.165, 1.54) is 23.9 Å². The Hall–Kier alpha value is -2.68. The molecule has 1 N–H and O–H groups in total. The van der Waals surface area contributed by atoms with E-state index in [0.717, 1.165) is 5.69 Å². The standard InChI is InChI=1S/C16H18N4O4S/c1-12-6-8-18-16(19-12)25-11-15(21)17-7-3-9-24-14-5-2-4-13(10-14)20(22)23/h2,4-6,8,10H,3,7,9,11H2,1H3,(H,17,21). The minimum Gasteiger partial charge on any atom is -0.493 e. The first kappa shape index (κ1) is 18.7. The van der Waals surface area contributed by atoms with Crippen molar-refractivity contribution in [1.82, 2.24) is 15.3 Å². The van der Waals surface area contributed by atoms with Crippen LogP contribution < -0.4 is 10.1 Å². The molecular formula is C16H18N4O4S. The summed E-state index contributed by atoms with van der Waals surface area (Å²) in [5.74, 6) is 0.577. The normalized spacial score (nSPS) is 10.3. The second-order valence-corrected chi connectivity index (χ2v) is 6.02. The third kappa shape index (κ3) is 6.76. The summed E-state index contributed by atoms with van der Waals surface area (Å²) in [5.41, 5.74) is 0.845. The minimum absolute atomic E-state index is 0.0128. The Kier molecular flexibility index (Phi) is 7.15. The van der Waals surface area contributed by atoms with Crippen molar-refractivity contribution in [3.63, 3.8) is 0 Å². The highest BCUT2D eigenvalue weighted by Crippen LogP contribution is 2.19. The first-order chi connectivity index (χ1) is 12.0. The molecule has 1 aromatic carbocycles. The Morgan fingerprint density at radius 1 is 1.40 bits per heavy atom. The molecule has 0 aliphatic rings. The SMILES string of the molecule is Cc1ccnc(SCC(=O)NCCCOc2cccc([N+](=O)[O-])c2)n1. The zero-order valence-electron chi connectivity index (χ0n) is 13.7. The number of benzene rings is 1. The van der Waals surface area contributed by atoms with Crippen molar-refractivity contribution in [2.45, 2.75) is 18.5 Å². The molecule has 0 spiro atoms. The molecule has 0 saturated carbocycles. The van der Waals surface area contributed by atoms with Crippen molar-refractivity contribution in [3.8, 4) is 5.75 Å².